The second-order valence-corrected chi connectivity index (χ2v) is 4.49. The molecule has 1 heterocycles. The van der Waals surface area contributed by atoms with Crippen molar-refractivity contribution in [3.8, 4) is 5.88 Å². The van der Waals surface area contributed by atoms with E-state index in [0.29, 0.717) is 17.5 Å². The number of nitrogen functional groups attached to an aromatic ring is 1. The summed E-state index contributed by atoms with van der Waals surface area (Å²) in [5, 5.41) is 3.32. The maximum Gasteiger partial charge on any atom is 0.238 e. The van der Waals surface area contributed by atoms with Crippen LogP contribution < -0.4 is 15.8 Å². The van der Waals surface area contributed by atoms with Gasteiger partial charge in [-0.3, -0.25) is 0 Å². The predicted molar refractivity (Wildman–Crippen MR) is 65.6 cm³/mol. The smallest absolute Gasteiger partial charge is 0.238 e. The Morgan fingerprint density at radius 2 is 2.31 bits per heavy atom. The molecule has 1 unspecified atom stereocenters. The number of hydrogen-bond donors (Lipinski definition) is 2. The molecule has 88 valence electrons. The van der Waals surface area contributed by atoms with Crippen molar-refractivity contribution < 1.29 is 4.74 Å². The highest BCUT2D eigenvalue weighted by Crippen LogP contribution is 2.36. The first-order chi connectivity index (χ1) is 7.70. The molecular formula is C12H19N3O. The topological polar surface area (TPSA) is 60.2 Å². The number of aromatic nitrogens is 1. The van der Waals surface area contributed by atoms with Crippen LogP contribution in [-0.2, 0) is 0 Å². The van der Waals surface area contributed by atoms with Gasteiger partial charge in [-0.15, -0.1) is 0 Å². The summed E-state index contributed by atoms with van der Waals surface area (Å²) in [7, 11) is 1.58. The van der Waals surface area contributed by atoms with Crippen LogP contribution in [0.3, 0.4) is 0 Å². The third-order valence-electron chi connectivity index (χ3n) is 3.11. The van der Waals surface area contributed by atoms with Gasteiger partial charge in [-0.05, 0) is 36.8 Å². The summed E-state index contributed by atoms with van der Waals surface area (Å²) in [5.41, 5.74) is 6.27. The number of nitrogens with one attached hydrogen (secondary N) is 1. The maximum atomic E-state index is 5.70. The Morgan fingerprint density at radius 3 is 2.94 bits per heavy atom. The zero-order valence-corrected chi connectivity index (χ0v) is 9.86. The highest BCUT2D eigenvalue weighted by Gasteiger charge is 2.27. The molecule has 0 radical (unpaired) electrons. The molecule has 0 spiro atoms. The standard InChI is InChI=1S/C12H19N3O/c1-8(9-3-4-9)7-14-11-6-5-10(13)12(15-11)16-2/h5-6,8-9H,3-4,7,13H2,1-2H3,(H,14,15). The minimum Gasteiger partial charge on any atom is -0.479 e. The van der Waals surface area contributed by atoms with Gasteiger partial charge in [0, 0.05) is 6.54 Å². The van der Waals surface area contributed by atoms with E-state index in [9.17, 15) is 0 Å². The lowest BCUT2D eigenvalue weighted by Gasteiger charge is -2.12. The molecule has 4 heteroatoms. The molecule has 1 saturated carbocycles. The molecule has 0 saturated heterocycles. The van der Waals surface area contributed by atoms with Gasteiger partial charge in [0.2, 0.25) is 5.88 Å². The molecule has 0 bridgehead atoms. The average Bonchev–Trinajstić information content (AvgIpc) is 3.11. The minimum absolute atomic E-state index is 0.490. The highest BCUT2D eigenvalue weighted by atomic mass is 16.5. The zero-order chi connectivity index (χ0) is 11.5. The van der Waals surface area contributed by atoms with E-state index in [-0.39, 0.29) is 0 Å². The summed E-state index contributed by atoms with van der Waals surface area (Å²) in [6.45, 7) is 3.24. The van der Waals surface area contributed by atoms with Crippen molar-refractivity contribution in [3.05, 3.63) is 12.1 Å². The Bertz CT molecular complexity index is 363. The van der Waals surface area contributed by atoms with E-state index in [1.165, 1.54) is 12.8 Å². The summed E-state index contributed by atoms with van der Waals surface area (Å²) in [5.74, 6) is 2.94. The Hall–Kier alpha value is -1.45. The largest absolute Gasteiger partial charge is 0.479 e. The first-order valence-corrected chi connectivity index (χ1v) is 5.75. The zero-order valence-electron chi connectivity index (χ0n) is 9.86. The molecule has 4 nitrogen and oxygen atoms in total. The van der Waals surface area contributed by atoms with Gasteiger partial charge in [0.25, 0.3) is 0 Å². The summed E-state index contributed by atoms with van der Waals surface area (Å²) in [6, 6.07) is 3.70. The summed E-state index contributed by atoms with van der Waals surface area (Å²) >= 11 is 0. The van der Waals surface area contributed by atoms with Crippen LogP contribution in [0.5, 0.6) is 5.88 Å². The summed E-state index contributed by atoms with van der Waals surface area (Å²) in [4.78, 5) is 4.28. The van der Waals surface area contributed by atoms with Crippen molar-refractivity contribution in [2.75, 3.05) is 24.7 Å². The molecule has 3 N–H and O–H groups in total. The number of methoxy groups -OCH3 is 1. The lowest BCUT2D eigenvalue weighted by Crippen LogP contribution is -2.14. The van der Waals surface area contributed by atoms with Crippen LogP contribution in [0.2, 0.25) is 0 Å². The molecule has 1 atom stereocenters. The van der Waals surface area contributed by atoms with Crippen LogP contribution in [0, 0.1) is 11.8 Å². The quantitative estimate of drug-likeness (QED) is 0.799. The second-order valence-electron chi connectivity index (χ2n) is 4.49. The Labute approximate surface area is 96.2 Å². The van der Waals surface area contributed by atoms with Crippen molar-refractivity contribution in [1.82, 2.24) is 4.98 Å². The fourth-order valence-electron chi connectivity index (χ4n) is 1.81. The van der Waals surface area contributed by atoms with Crippen LogP contribution in [0.15, 0.2) is 12.1 Å². The van der Waals surface area contributed by atoms with Crippen LogP contribution in [-0.4, -0.2) is 18.6 Å². The summed E-state index contributed by atoms with van der Waals surface area (Å²) in [6.07, 6.45) is 2.75. The second kappa shape index (κ2) is 4.60. The Morgan fingerprint density at radius 1 is 1.56 bits per heavy atom. The summed E-state index contributed by atoms with van der Waals surface area (Å²) < 4.78 is 5.08. The van der Waals surface area contributed by atoms with Crippen LogP contribution in [0.1, 0.15) is 19.8 Å². The first kappa shape index (κ1) is 11.0. The molecule has 16 heavy (non-hydrogen) atoms. The molecule has 0 aromatic carbocycles. The van der Waals surface area contributed by atoms with Crippen LogP contribution in [0.4, 0.5) is 11.5 Å². The van der Waals surface area contributed by atoms with Gasteiger partial charge in [0.05, 0.1) is 12.8 Å². The Kier molecular flexibility index (Phi) is 3.17. The predicted octanol–water partition coefficient (Wildman–Crippen LogP) is 2.13. The molecule has 2 rings (SSSR count). The monoisotopic (exact) mass is 221 g/mol. The Balaban J connectivity index is 1.93. The number of nitrogens with zero attached hydrogens (tertiary/aromatic N) is 1. The van der Waals surface area contributed by atoms with E-state index in [0.717, 1.165) is 18.3 Å². The van der Waals surface area contributed by atoms with Crippen LogP contribution in [0.25, 0.3) is 0 Å². The first-order valence-electron chi connectivity index (χ1n) is 5.75. The lowest BCUT2D eigenvalue weighted by atomic mass is 10.1. The van der Waals surface area contributed by atoms with Gasteiger partial charge in [0.1, 0.15) is 5.82 Å². The molecule has 1 aromatic heterocycles. The third-order valence-corrected chi connectivity index (χ3v) is 3.11. The van der Waals surface area contributed by atoms with Gasteiger partial charge in [-0.1, -0.05) is 6.92 Å². The number of nitrogens with two attached hydrogens (primary N) is 1. The molecule has 0 aliphatic heterocycles. The van der Waals surface area contributed by atoms with E-state index in [1.807, 2.05) is 12.1 Å². The van der Waals surface area contributed by atoms with E-state index in [2.05, 4.69) is 17.2 Å². The number of pyridine rings is 1. The van der Waals surface area contributed by atoms with Gasteiger partial charge in [-0.2, -0.15) is 4.98 Å². The fraction of sp³-hybridized carbons (Fsp3) is 0.583. The van der Waals surface area contributed by atoms with Crippen molar-refractivity contribution in [2.24, 2.45) is 11.8 Å². The molecular weight excluding hydrogens is 202 g/mol. The molecule has 1 fully saturated rings. The lowest BCUT2D eigenvalue weighted by molar-refractivity contribution is 0.400. The molecule has 1 aromatic rings. The number of ether oxygens (including phenoxy) is 1. The number of rotatable bonds is 5. The van der Waals surface area contributed by atoms with Gasteiger partial charge >= 0.3 is 0 Å². The SMILES string of the molecule is COc1nc(NCC(C)C2CC2)ccc1N. The van der Waals surface area contributed by atoms with Gasteiger partial charge in [0.15, 0.2) is 0 Å². The number of anilines is 2. The van der Waals surface area contributed by atoms with E-state index < -0.39 is 0 Å². The van der Waals surface area contributed by atoms with E-state index in [1.54, 1.807) is 7.11 Å². The van der Waals surface area contributed by atoms with Crippen molar-refractivity contribution in [2.45, 2.75) is 19.8 Å². The van der Waals surface area contributed by atoms with Crippen LogP contribution >= 0.6 is 0 Å². The fourth-order valence-corrected chi connectivity index (χ4v) is 1.81. The van der Waals surface area contributed by atoms with Crippen molar-refractivity contribution in [1.29, 1.82) is 0 Å². The molecule has 1 aliphatic rings. The van der Waals surface area contributed by atoms with Crippen molar-refractivity contribution >= 4 is 11.5 Å². The van der Waals surface area contributed by atoms with Crippen molar-refractivity contribution in [3.63, 3.8) is 0 Å². The van der Waals surface area contributed by atoms with Gasteiger partial charge in [-0.25, -0.2) is 0 Å². The normalized spacial score (nSPS) is 16.9. The minimum atomic E-state index is 0.490. The van der Waals surface area contributed by atoms with E-state index in [4.69, 9.17) is 10.5 Å². The third kappa shape index (κ3) is 2.56. The number of hydrogen-bond acceptors (Lipinski definition) is 4. The highest BCUT2D eigenvalue weighted by molar-refractivity contribution is 5.53. The molecule has 0 amide bonds. The van der Waals surface area contributed by atoms with E-state index >= 15 is 0 Å². The average molecular weight is 221 g/mol. The molecule has 1 aliphatic carbocycles. The maximum absolute atomic E-state index is 5.70. The van der Waals surface area contributed by atoms with Gasteiger partial charge < -0.3 is 15.8 Å².